The molecule has 1 aromatic carbocycles. The van der Waals surface area contributed by atoms with Gasteiger partial charge in [0, 0.05) is 18.7 Å². The number of piperidine rings is 1. The molecule has 3 rings (SSSR count). The van der Waals surface area contributed by atoms with E-state index in [9.17, 15) is 10.1 Å². The number of anilines is 1. The lowest BCUT2D eigenvalue weighted by molar-refractivity contribution is -0.384. The number of halogens is 1. The summed E-state index contributed by atoms with van der Waals surface area (Å²) in [5.41, 5.74) is 1.50. The molecule has 3 N–H and O–H groups in total. The summed E-state index contributed by atoms with van der Waals surface area (Å²) in [7, 11) is 0. The van der Waals surface area contributed by atoms with E-state index in [0.29, 0.717) is 17.4 Å². The van der Waals surface area contributed by atoms with Crippen molar-refractivity contribution >= 4 is 35.1 Å². The van der Waals surface area contributed by atoms with Crippen molar-refractivity contribution in [2.45, 2.75) is 12.8 Å². The number of non-ortho nitro benzene ring substituents is 1. The van der Waals surface area contributed by atoms with Crippen LogP contribution < -0.4 is 10.6 Å². The van der Waals surface area contributed by atoms with Crippen molar-refractivity contribution in [3.8, 4) is 0 Å². The van der Waals surface area contributed by atoms with Crippen LogP contribution in [0.15, 0.2) is 18.2 Å². The molecule has 1 aliphatic rings. The Hall–Kier alpha value is -1.86. The summed E-state index contributed by atoms with van der Waals surface area (Å²) >= 11 is 0. The third-order valence-electron chi connectivity index (χ3n) is 3.69. The predicted octanol–water partition coefficient (Wildman–Crippen LogP) is 2.30. The van der Waals surface area contributed by atoms with Gasteiger partial charge in [0.25, 0.3) is 5.69 Å². The van der Waals surface area contributed by atoms with Gasteiger partial charge in [-0.15, -0.1) is 12.4 Å². The van der Waals surface area contributed by atoms with Crippen molar-refractivity contribution in [2.24, 2.45) is 5.92 Å². The fourth-order valence-corrected chi connectivity index (χ4v) is 2.52. The first-order chi connectivity index (χ1) is 9.72. The normalized spacial score (nSPS) is 15.6. The lowest BCUT2D eigenvalue weighted by atomic mass is 9.98. The number of aromatic amines is 1. The molecule has 0 amide bonds. The quantitative estimate of drug-likeness (QED) is 0.595. The van der Waals surface area contributed by atoms with Gasteiger partial charge < -0.3 is 15.6 Å². The number of H-pyrrole nitrogens is 1. The van der Waals surface area contributed by atoms with Crippen LogP contribution in [0.4, 0.5) is 11.6 Å². The van der Waals surface area contributed by atoms with Gasteiger partial charge in [-0.25, -0.2) is 4.98 Å². The summed E-state index contributed by atoms with van der Waals surface area (Å²) in [6, 6.07) is 4.65. The van der Waals surface area contributed by atoms with E-state index in [1.807, 2.05) is 0 Å². The highest BCUT2D eigenvalue weighted by atomic mass is 35.5. The van der Waals surface area contributed by atoms with Crippen molar-refractivity contribution in [1.29, 1.82) is 0 Å². The minimum Gasteiger partial charge on any atom is -0.356 e. The number of nitro benzene ring substituents is 1. The first-order valence-electron chi connectivity index (χ1n) is 6.81. The summed E-state index contributed by atoms with van der Waals surface area (Å²) in [5.74, 6) is 1.33. The maximum atomic E-state index is 10.7. The third kappa shape index (κ3) is 3.62. The number of benzene rings is 1. The van der Waals surface area contributed by atoms with Crippen molar-refractivity contribution in [2.75, 3.05) is 25.0 Å². The van der Waals surface area contributed by atoms with Crippen molar-refractivity contribution in [1.82, 2.24) is 15.3 Å². The Morgan fingerprint density at radius 2 is 2.14 bits per heavy atom. The average Bonchev–Trinajstić information content (AvgIpc) is 2.88. The molecule has 7 nitrogen and oxygen atoms in total. The number of nitro groups is 1. The molecular formula is C13H18ClN5O2. The van der Waals surface area contributed by atoms with Gasteiger partial charge >= 0.3 is 0 Å². The predicted molar refractivity (Wildman–Crippen MR) is 84.1 cm³/mol. The van der Waals surface area contributed by atoms with Gasteiger partial charge in [-0.05, 0) is 37.9 Å². The SMILES string of the molecule is Cl.O=[N+]([O-])c1ccc2nc(NCC3CCNCC3)[nH]c2c1. The van der Waals surface area contributed by atoms with Gasteiger partial charge in [-0.1, -0.05) is 0 Å². The van der Waals surface area contributed by atoms with E-state index in [2.05, 4.69) is 20.6 Å². The van der Waals surface area contributed by atoms with Crippen LogP contribution in [0.3, 0.4) is 0 Å². The number of fused-ring (bicyclic) bond motifs is 1. The molecule has 0 radical (unpaired) electrons. The van der Waals surface area contributed by atoms with Gasteiger partial charge in [0.15, 0.2) is 0 Å². The highest BCUT2D eigenvalue weighted by Crippen LogP contribution is 2.21. The second-order valence-corrected chi connectivity index (χ2v) is 5.12. The smallest absolute Gasteiger partial charge is 0.271 e. The van der Waals surface area contributed by atoms with Crippen LogP contribution in [0.25, 0.3) is 11.0 Å². The summed E-state index contributed by atoms with van der Waals surface area (Å²) in [6.45, 7) is 3.01. The van der Waals surface area contributed by atoms with Gasteiger partial charge in [-0.3, -0.25) is 10.1 Å². The third-order valence-corrected chi connectivity index (χ3v) is 3.69. The molecule has 1 aliphatic heterocycles. The van der Waals surface area contributed by atoms with Crippen LogP contribution in [-0.4, -0.2) is 34.5 Å². The van der Waals surface area contributed by atoms with Crippen molar-refractivity contribution < 1.29 is 4.92 Å². The molecule has 8 heteroatoms. The van der Waals surface area contributed by atoms with Crippen LogP contribution in [0.2, 0.25) is 0 Å². The van der Waals surface area contributed by atoms with Crippen LogP contribution in [-0.2, 0) is 0 Å². The lowest BCUT2D eigenvalue weighted by Crippen LogP contribution is -2.31. The molecular weight excluding hydrogens is 294 g/mol. The average molecular weight is 312 g/mol. The first kappa shape index (κ1) is 15.5. The van der Waals surface area contributed by atoms with E-state index in [1.54, 1.807) is 6.07 Å². The summed E-state index contributed by atoms with van der Waals surface area (Å²) in [4.78, 5) is 17.8. The number of aromatic nitrogens is 2. The Kier molecular flexibility index (Phi) is 4.98. The number of hydrogen-bond acceptors (Lipinski definition) is 5. The topological polar surface area (TPSA) is 95.9 Å². The van der Waals surface area contributed by atoms with E-state index < -0.39 is 4.92 Å². The molecule has 1 fully saturated rings. The Labute approximate surface area is 128 Å². The van der Waals surface area contributed by atoms with Crippen LogP contribution in [0, 0.1) is 16.0 Å². The Balaban J connectivity index is 0.00000161. The second-order valence-electron chi connectivity index (χ2n) is 5.12. The maximum absolute atomic E-state index is 10.7. The first-order valence-corrected chi connectivity index (χ1v) is 6.81. The van der Waals surface area contributed by atoms with Crippen LogP contribution in [0.1, 0.15) is 12.8 Å². The molecule has 0 unspecified atom stereocenters. The summed E-state index contributed by atoms with van der Waals surface area (Å²) < 4.78 is 0. The number of imidazole rings is 1. The van der Waals surface area contributed by atoms with E-state index in [4.69, 9.17) is 0 Å². The largest absolute Gasteiger partial charge is 0.356 e. The number of rotatable bonds is 4. The zero-order valence-corrected chi connectivity index (χ0v) is 12.3. The summed E-state index contributed by atoms with van der Waals surface area (Å²) in [6.07, 6.45) is 2.33. The standard InChI is InChI=1S/C13H17N5O2.ClH/c19-18(20)10-1-2-11-12(7-10)17-13(16-11)15-8-9-3-5-14-6-4-9;/h1-2,7,9,14H,3-6,8H2,(H2,15,16,17);1H. The minimum absolute atomic E-state index is 0. The van der Waals surface area contributed by atoms with Crippen LogP contribution in [0.5, 0.6) is 0 Å². The van der Waals surface area contributed by atoms with E-state index >= 15 is 0 Å². The molecule has 21 heavy (non-hydrogen) atoms. The molecule has 2 aromatic rings. The highest BCUT2D eigenvalue weighted by Gasteiger charge is 2.14. The molecule has 1 aromatic heterocycles. The molecule has 0 saturated carbocycles. The number of nitrogens with one attached hydrogen (secondary N) is 3. The molecule has 0 aliphatic carbocycles. The van der Waals surface area contributed by atoms with E-state index in [0.717, 1.165) is 25.2 Å². The lowest BCUT2D eigenvalue weighted by Gasteiger charge is -2.22. The fraction of sp³-hybridized carbons (Fsp3) is 0.462. The minimum atomic E-state index is -0.400. The second kappa shape index (κ2) is 6.73. The molecule has 1 saturated heterocycles. The van der Waals surface area contributed by atoms with Gasteiger partial charge in [0.1, 0.15) is 0 Å². The molecule has 0 spiro atoms. The Morgan fingerprint density at radius 1 is 1.38 bits per heavy atom. The summed E-state index contributed by atoms with van der Waals surface area (Å²) in [5, 5.41) is 17.4. The monoisotopic (exact) mass is 311 g/mol. The van der Waals surface area contributed by atoms with Gasteiger partial charge in [0.2, 0.25) is 5.95 Å². The number of hydrogen-bond donors (Lipinski definition) is 3. The zero-order chi connectivity index (χ0) is 13.9. The molecule has 2 heterocycles. The van der Waals surface area contributed by atoms with Crippen molar-refractivity contribution in [3.05, 3.63) is 28.3 Å². The zero-order valence-electron chi connectivity index (χ0n) is 11.5. The van der Waals surface area contributed by atoms with Crippen molar-refractivity contribution in [3.63, 3.8) is 0 Å². The van der Waals surface area contributed by atoms with E-state index in [-0.39, 0.29) is 18.1 Å². The van der Waals surface area contributed by atoms with Gasteiger partial charge in [-0.2, -0.15) is 0 Å². The number of nitrogens with zero attached hydrogens (tertiary/aromatic N) is 2. The highest BCUT2D eigenvalue weighted by molar-refractivity contribution is 5.85. The fourth-order valence-electron chi connectivity index (χ4n) is 2.52. The van der Waals surface area contributed by atoms with E-state index in [1.165, 1.54) is 25.0 Å². The Morgan fingerprint density at radius 3 is 2.86 bits per heavy atom. The molecule has 0 atom stereocenters. The van der Waals surface area contributed by atoms with Gasteiger partial charge in [0.05, 0.1) is 16.0 Å². The molecule has 0 bridgehead atoms. The Bertz CT molecular complexity index is 624. The van der Waals surface area contributed by atoms with Crippen LogP contribution >= 0.6 is 12.4 Å². The molecule has 114 valence electrons. The maximum Gasteiger partial charge on any atom is 0.271 e.